The van der Waals surface area contributed by atoms with Crippen molar-refractivity contribution >= 4 is 15.9 Å². The molecule has 4 nitrogen and oxygen atoms in total. The Balaban J connectivity index is 2.25. The number of nitrogens with zero attached hydrogens (tertiary/aromatic N) is 2. The number of aryl methyl sites for hydroxylation is 3. The molecule has 0 radical (unpaired) electrons. The first-order valence-electron chi connectivity index (χ1n) is 6.71. The van der Waals surface area contributed by atoms with Crippen LogP contribution in [0.2, 0.25) is 0 Å². The van der Waals surface area contributed by atoms with Crippen molar-refractivity contribution in [3.05, 3.63) is 45.2 Å². The van der Waals surface area contributed by atoms with E-state index in [0.29, 0.717) is 13.2 Å². The summed E-state index contributed by atoms with van der Waals surface area (Å²) in [6.45, 7) is 7.87. The summed E-state index contributed by atoms with van der Waals surface area (Å²) in [4.78, 5) is 0. The van der Waals surface area contributed by atoms with E-state index in [2.05, 4.69) is 28.0 Å². The van der Waals surface area contributed by atoms with Gasteiger partial charge in [-0.3, -0.25) is 4.68 Å². The van der Waals surface area contributed by atoms with Crippen LogP contribution in [0.4, 0.5) is 0 Å². The summed E-state index contributed by atoms with van der Waals surface area (Å²) < 4.78 is 8.98. The second-order valence-electron chi connectivity index (χ2n) is 4.72. The molecule has 0 amide bonds. The van der Waals surface area contributed by atoms with Gasteiger partial charge in [-0.05, 0) is 42.3 Å². The van der Waals surface area contributed by atoms with Crippen molar-refractivity contribution in [2.45, 2.75) is 40.5 Å². The number of para-hydroxylation sites is 1. The smallest absolute Gasteiger partial charge is 0.131 e. The van der Waals surface area contributed by atoms with E-state index >= 15 is 0 Å². The van der Waals surface area contributed by atoms with Gasteiger partial charge in [0.25, 0.3) is 0 Å². The van der Waals surface area contributed by atoms with Gasteiger partial charge < -0.3 is 10.5 Å². The lowest BCUT2D eigenvalue weighted by Crippen LogP contribution is -2.09. The predicted molar refractivity (Wildman–Crippen MR) is 83.7 cm³/mol. The lowest BCUT2D eigenvalue weighted by molar-refractivity contribution is 0.287. The van der Waals surface area contributed by atoms with Gasteiger partial charge in [0, 0.05) is 18.7 Å². The number of rotatable bonds is 5. The average Bonchev–Trinajstić information content (AvgIpc) is 2.72. The van der Waals surface area contributed by atoms with Crippen LogP contribution >= 0.6 is 15.9 Å². The van der Waals surface area contributed by atoms with Crippen LogP contribution in [0.25, 0.3) is 0 Å². The maximum atomic E-state index is 6.01. The number of ether oxygens (including phenoxy) is 1. The summed E-state index contributed by atoms with van der Waals surface area (Å²) in [5.41, 5.74) is 9.93. The fourth-order valence-corrected chi connectivity index (χ4v) is 2.63. The number of hydrogen-bond donors (Lipinski definition) is 1. The van der Waals surface area contributed by atoms with E-state index in [1.54, 1.807) is 0 Å². The molecule has 1 heterocycles. The van der Waals surface area contributed by atoms with Crippen molar-refractivity contribution < 1.29 is 4.74 Å². The van der Waals surface area contributed by atoms with Crippen molar-refractivity contribution in [2.24, 2.45) is 5.73 Å². The van der Waals surface area contributed by atoms with E-state index < -0.39 is 0 Å². The summed E-state index contributed by atoms with van der Waals surface area (Å²) in [6, 6.07) is 6.03. The zero-order valence-electron chi connectivity index (χ0n) is 12.1. The summed E-state index contributed by atoms with van der Waals surface area (Å²) >= 11 is 3.58. The molecule has 0 spiro atoms. The van der Waals surface area contributed by atoms with Crippen molar-refractivity contribution in [1.29, 1.82) is 0 Å². The zero-order valence-corrected chi connectivity index (χ0v) is 13.7. The lowest BCUT2D eigenvalue weighted by Gasteiger charge is -2.14. The largest absolute Gasteiger partial charge is 0.487 e. The Labute approximate surface area is 128 Å². The minimum absolute atomic E-state index is 0.476. The number of hydrogen-bond acceptors (Lipinski definition) is 3. The van der Waals surface area contributed by atoms with Gasteiger partial charge in [0.05, 0.1) is 15.9 Å². The van der Waals surface area contributed by atoms with Crippen molar-refractivity contribution in [1.82, 2.24) is 9.78 Å². The maximum absolute atomic E-state index is 6.01. The van der Waals surface area contributed by atoms with E-state index in [-0.39, 0.29) is 0 Å². The molecule has 5 heteroatoms. The quantitative estimate of drug-likeness (QED) is 0.910. The minimum Gasteiger partial charge on any atom is -0.487 e. The molecular formula is C15H20BrN3O. The average molecular weight is 338 g/mol. The van der Waals surface area contributed by atoms with Crippen LogP contribution in [-0.4, -0.2) is 9.78 Å². The molecule has 2 N–H and O–H groups in total. The normalized spacial score (nSPS) is 10.8. The molecule has 108 valence electrons. The molecule has 1 aromatic heterocycles. The lowest BCUT2D eigenvalue weighted by atomic mass is 10.1. The molecule has 0 atom stereocenters. The Bertz CT molecular complexity index is 607. The summed E-state index contributed by atoms with van der Waals surface area (Å²) in [6.07, 6.45) is 0. The van der Waals surface area contributed by atoms with Crippen LogP contribution in [0.3, 0.4) is 0 Å². The molecule has 0 unspecified atom stereocenters. The van der Waals surface area contributed by atoms with Gasteiger partial charge in [-0.1, -0.05) is 18.2 Å². The highest BCUT2D eigenvalue weighted by Gasteiger charge is 2.14. The van der Waals surface area contributed by atoms with Crippen LogP contribution < -0.4 is 10.5 Å². The molecule has 0 aliphatic rings. The molecule has 2 aromatic rings. The highest BCUT2D eigenvalue weighted by atomic mass is 79.9. The number of nitrogens with two attached hydrogens (primary N) is 1. The third-order valence-electron chi connectivity index (χ3n) is 3.32. The third kappa shape index (κ3) is 2.88. The van der Waals surface area contributed by atoms with Gasteiger partial charge >= 0.3 is 0 Å². The standard InChI is InChI=1S/C15H20BrN3O/c1-4-19-13(14(16)11(3)18-19)9-20-15-10(2)6-5-7-12(15)8-17/h5-7H,4,8-9,17H2,1-3H3. The Morgan fingerprint density at radius 2 is 2.10 bits per heavy atom. The van der Waals surface area contributed by atoms with Gasteiger partial charge in [0.15, 0.2) is 0 Å². The number of aromatic nitrogens is 2. The topological polar surface area (TPSA) is 53.1 Å². The predicted octanol–water partition coefficient (Wildman–Crippen LogP) is 3.32. The van der Waals surface area contributed by atoms with Crippen LogP contribution in [0, 0.1) is 13.8 Å². The highest BCUT2D eigenvalue weighted by molar-refractivity contribution is 9.10. The molecule has 2 rings (SSSR count). The summed E-state index contributed by atoms with van der Waals surface area (Å²) in [5, 5.41) is 4.47. The van der Waals surface area contributed by atoms with Crippen LogP contribution in [0.1, 0.15) is 29.4 Å². The second kappa shape index (κ2) is 6.41. The van der Waals surface area contributed by atoms with Crippen molar-refractivity contribution in [3.63, 3.8) is 0 Å². The van der Waals surface area contributed by atoms with Gasteiger partial charge in [-0.15, -0.1) is 0 Å². The maximum Gasteiger partial charge on any atom is 0.131 e. The van der Waals surface area contributed by atoms with Gasteiger partial charge in [0.1, 0.15) is 12.4 Å². The van der Waals surface area contributed by atoms with E-state index in [1.807, 2.05) is 36.7 Å². The van der Waals surface area contributed by atoms with E-state index in [1.165, 1.54) is 0 Å². The molecular weight excluding hydrogens is 318 g/mol. The Morgan fingerprint density at radius 3 is 2.75 bits per heavy atom. The molecule has 20 heavy (non-hydrogen) atoms. The Kier molecular flexibility index (Phi) is 4.83. The Morgan fingerprint density at radius 1 is 1.35 bits per heavy atom. The Hall–Kier alpha value is -1.33. The van der Waals surface area contributed by atoms with Gasteiger partial charge in [-0.25, -0.2) is 0 Å². The zero-order chi connectivity index (χ0) is 14.7. The van der Waals surface area contributed by atoms with Crippen molar-refractivity contribution in [3.8, 4) is 5.75 Å². The molecule has 0 aliphatic carbocycles. The van der Waals surface area contributed by atoms with Crippen molar-refractivity contribution in [2.75, 3.05) is 0 Å². The van der Waals surface area contributed by atoms with Gasteiger partial charge in [-0.2, -0.15) is 5.10 Å². The van der Waals surface area contributed by atoms with E-state index in [0.717, 1.165) is 39.3 Å². The van der Waals surface area contributed by atoms with Gasteiger partial charge in [0.2, 0.25) is 0 Å². The fourth-order valence-electron chi connectivity index (χ4n) is 2.23. The number of halogens is 1. The molecule has 0 saturated heterocycles. The second-order valence-corrected chi connectivity index (χ2v) is 5.51. The first kappa shape index (κ1) is 15.1. The molecule has 0 saturated carbocycles. The first-order chi connectivity index (χ1) is 9.58. The highest BCUT2D eigenvalue weighted by Crippen LogP contribution is 2.27. The minimum atomic E-state index is 0.476. The van der Waals surface area contributed by atoms with Crippen LogP contribution in [-0.2, 0) is 19.7 Å². The third-order valence-corrected chi connectivity index (χ3v) is 4.35. The molecule has 1 aromatic carbocycles. The van der Waals surface area contributed by atoms with E-state index in [9.17, 15) is 0 Å². The molecule has 0 aliphatic heterocycles. The fraction of sp³-hybridized carbons (Fsp3) is 0.400. The van der Waals surface area contributed by atoms with E-state index in [4.69, 9.17) is 10.5 Å². The molecule has 0 fully saturated rings. The van der Waals surface area contributed by atoms with Crippen LogP contribution in [0.5, 0.6) is 5.75 Å². The first-order valence-corrected chi connectivity index (χ1v) is 7.50. The molecule has 0 bridgehead atoms. The summed E-state index contributed by atoms with van der Waals surface area (Å²) in [7, 11) is 0. The summed E-state index contributed by atoms with van der Waals surface area (Å²) in [5.74, 6) is 0.878. The number of benzene rings is 1. The SMILES string of the molecule is CCn1nc(C)c(Br)c1COc1c(C)cccc1CN. The van der Waals surface area contributed by atoms with Crippen LogP contribution in [0.15, 0.2) is 22.7 Å². The monoisotopic (exact) mass is 337 g/mol.